The van der Waals surface area contributed by atoms with Crippen LogP contribution in [0.1, 0.15) is 68.5 Å². The van der Waals surface area contributed by atoms with E-state index < -0.39 is 0 Å². The van der Waals surface area contributed by atoms with E-state index in [1.165, 1.54) is 0 Å². The summed E-state index contributed by atoms with van der Waals surface area (Å²) >= 11 is 0. The van der Waals surface area contributed by atoms with Gasteiger partial charge in [0, 0.05) is 37.4 Å². The van der Waals surface area contributed by atoms with Gasteiger partial charge in [0.2, 0.25) is 0 Å². The molecule has 0 unspecified atom stereocenters. The zero-order valence-corrected chi connectivity index (χ0v) is 19.2. The fourth-order valence-corrected chi connectivity index (χ4v) is 4.89. The highest BCUT2D eigenvalue weighted by Gasteiger charge is 2.36. The maximum atomic E-state index is 13.2. The predicted octanol–water partition coefficient (Wildman–Crippen LogP) is 4.67. The molecule has 2 aromatic heterocycles. The van der Waals surface area contributed by atoms with Gasteiger partial charge in [-0.15, -0.1) is 0 Å². The Labute approximate surface area is 192 Å². The molecule has 5 rings (SSSR count). The first-order chi connectivity index (χ1) is 15.9. The maximum Gasteiger partial charge on any atom is 0.289 e. The number of amides is 1. The Hall–Kier alpha value is -3.35. The summed E-state index contributed by atoms with van der Waals surface area (Å²) in [6.07, 6.45) is 2.48. The Morgan fingerprint density at radius 3 is 2.82 bits per heavy atom. The minimum Gasteiger partial charge on any atom is -0.489 e. The number of Topliss-reactive ketones (excluding diaryl/α,β-unsaturated/α-hetero) is 1. The van der Waals surface area contributed by atoms with Crippen LogP contribution in [0, 0.1) is 26.7 Å². The lowest BCUT2D eigenvalue weighted by Gasteiger charge is -2.38. The number of aryl methyl sites for hydroxylation is 3. The third-order valence-electron chi connectivity index (χ3n) is 6.78. The molecule has 1 saturated heterocycles. The minimum absolute atomic E-state index is 0.109. The van der Waals surface area contributed by atoms with E-state index in [4.69, 9.17) is 13.7 Å². The summed E-state index contributed by atoms with van der Waals surface area (Å²) in [5, 5.41) is 3.98. The molecule has 2 aliphatic rings. The van der Waals surface area contributed by atoms with Gasteiger partial charge in [0.25, 0.3) is 5.91 Å². The molecule has 3 aromatic rings. The number of carbonyl (C=O) groups excluding carboxylic acids is 2. The summed E-state index contributed by atoms with van der Waals surface area (Å²) in [7, 11) is 0. The molecule has 0 spiro atoms. The van der Waals surface area contributed by atoms with Gasteiger partial charge in [-0.2, -0.15) is 0 Å². The van der Waals surface area contributed by atoms with Crippen molar-refractivity contribution in [1.82, 2.24) is 10.1 Å². The van der Waals surface area contributed by atoms with Gasteiger partial charge in [-0.3, -0.25) is 9.59 Å². The van der Waals surface area contributed by atoms with Gasteiger partial charge in [0.15, 0.2) is 11.5 Å². The molecular formula is C26H28N2O5. The molecule has 7 nitrogen and oxygen atoms in total. The summed E-state index contributed by atoms with van der Waals surface area (Å²) in [6.45, 7) is 6.96. The lowest BCUT2D eigenvalue weighted by atomic mass is 9.86. The number of ether oxygens (including phenoxy) is 1. The molecular weight excluding hydrogens is 420 g/mol. The van der Waals surface area contributed by atoms with Gasteiger partial charge in [-0.05, 0) is 57.9 Å². The van der Waals surface area contributed by atoms with E-state index in [0.29, 0.717) is 48.8 Å². The molecule has 0 radical (unpaired) electrons. The second kappa shape index (κ2) is 8.54. The number of fused-ring (bicyclic) bond motifs is 1. The average Bonchev–Trinajstić information content (AvgIpc) is 3.41. The van der Waals surface area contributed by atoms with E-state index in [9.17, 15) is 9.59 Å². The van der Waals surface area contributed by atoms with Gasteiger partial charge < -0.3 is 18.6 Å². The van der Waals surface area contributed by atoms with Crippen LogP contribution < -0.4 is 4.74 Å². The highest BCUT2D eigenvalue weighted by Crippen LogP contribution is 2.34. The minimum atomic E-state index is -0.213. The number of likely N-dealkylation sites (tertiary alicyclic amines) is 1. The predicted molar refractivity (Wildman–Crippen MR) is 121 cm³/mol. The van der Waals surface area contributed by atoms with Crippen LogP contribution in [-0.2, 0) is 6.42 Å². The van der Waals surface area contributed by atoms with Crippen LogP contribution in [0.3, 0.4) is 0 Å². The van der Waals surface area contributed by atoms with Crippen molar-refractivity contribution in [2.45, 2.75) is 52.6 Å². The number of ketones is 1. The molecule has 0 bridgehead atoms. The van der Waals surface area contributed by atoms with Crippen molar-refractivity contribution in [3.8, 4) is 5.75 Å². The Morgan fingerprint density at radius 2 is 2.03 bits per heavy atom. The smallest absolute Gasteiger partial charge is 0.289 e. The molecule has 0 saturated carbocycles. The van der Waals surface area contributed by atoms with Gasteiger partial charge in [0.05, 0.1) is 11.3 Å². The summed E-state index contributed by atoms with van der Waals surface area (Å²) in [6, 6.07) is 9.30. The lowest BCUT2D eigenvalue weighted by molar-refractivity contribution is 0.0391. The third kappa shape index (κ3) is 4.19. The lowest BCUT2D eigenvalue weighted by Crippen LogP contribution is -2.46. The molecule has 1 fully saturated rings. The van der Waals surface area contributed by atoms with Crippen LogP contribution in [0.15, 0.2) is 39.3 Å². The second-order valence-electron chi connectivity index (χ2n) is 9.18. The fraction of sp³-hybridized carbons (Fsp3) is 0.423. The van der Waals surface area contributed by atoms with Gasteiger partial charge in [0.1, 0.15) is 23.4 Å². The molecule has 4 heterocycles. The molecule has 7 heteroatoms. The van der Waals surface area contributed by atoms with Crippen molar-refractivity contribution in [2.24, 2.45) is 5.92 Å². The number of carbonyl (C=O) groups is 2. The summed E-state index contributed by atoms with van der Waals surface area (Å²) in [4.78, 5) is 27.7. The molecule has 2 aliphatic heterocycles. The van der Waals surface area contributed by atoms with Crippen molar-refractivity contribution in [2.75, 3.05) is 13.1 Å². The summed E-state index contributed by atoms with van der Waals surface area (Å²) < 4.78 is 17.3. The van der Waals surface area contributed by atoms with Crippen LogP contribution >= 0.6 is 0 Å². The highest BCUT2D eigenvalue weighted by molar-refractivity contribution is 6.00. The van der Waals surface area contributed by atoms with Crippen LogP contribution in [0.2, 0.25) is 0 Å². The fourth-order valence-electron chi connectivity index (χ4n) is 4.89. The van der Waals surface area contributed by atoms with E-state index in [1.807, 2.05) is 49.9 Å². The Balaban J connectivity index is 1.27. The average molecular weight is 449 g/mol. The number of piperidine rings is 1. The topological polar surface area (TPSA) is 85.8 Å². The number of aromatic nitrogens is 1. The number of nitrogens with zero attached hydrogens (tertiary/aromatic N) is 2. The molecule has 2 atom stereocenters. The first-order valence-corrected chi connectivity index (χ1v) is 11.5. The van der Waals surface area contributed by atoms with Crippen molar-refractivity contribution in [1.29, 1.82) is 0 Å². The van der Waals surface area contributed by atoms with Crippen molar-refractivity contribution in [3.63, 3.8) is 0 Å². The SMILES string of the molecule is Cc1ccc2c(c1)C(=O)C[C@H]([C@H]1CCCN(C(=O)c3ccc(Cc4c(C)noc4C)o3)C1)O2. The third-order valence-corrected chi connectivity index (χ3v) is 6.78. The van der Waals surface area contributed by atoms with Gasteiger partial charge >= 0.3 is 0 Å². The van der Waals surface area contributed by atoms with Crippen LogP contribution in [0.5, 0.6) is 5.75 Å². The van der Waals surface area contributed by atoms with Gasteiger partial charge in [-0.25, -0.2) is 0 Å². The number of furan rings is 1. The quantitative estimate of drug-likeness (QED) is 0.577. The molecule has 1 amide bonds. The van der Waals surface area contributed by atoms with Gasteiger partial charge in [-0.1, -0.05) is 16.8 Å². The van der Waals surface area contributed by atoms with Crippen LogP contribution in [-0.4, -0.2) is 40.9 Å². The van der Waals surface area contributed by atoms with Crippen LogP contribution in [0.4, 0.5) is 0 Å². The Kier molecular flexibility index (Phi) is 5.56. The molecule has 0 aliphatic carbocycles. The molecule has 1 aromatic carbocycles. The molecule has 0 N–H and O–H groups in total. The second-order valence-corrected chi connectivity index (χ2v) is 9.18. The molecule has 172 valence electrons. The molecule has 33 heavy (non-hydrogen) atoms. The first kappa shape index (κ1) is 21.5. The van der Waals surface area contributed by atoms with E-state index in [-0.39, 0.29) is 23.7 Å². The normalized spacial score (nSPS) is 20.5. The monoisotopic (exact) mass is 448 g/mol. The van der Waals surface area contributed by atoms with E-state index in [0.717, 1.165) is 35.4 Å². The van der Waals surface area contributed by atoms with E-state index in [2.05, 4.69) is 5.16 Å². The number of rotatable bonds is 4. The highest BCUT2D eigenvalue weighted by atomic mass is 16.5. The zero-order valence-electron chi connectivity index (χ0n) is 19.2. The number of hydrogen-bond acceptors (Lipinski definition) is 6. The maximum absolute atomic E-state index is 13.2. The Bertz CT molecular complexity index is 1190. The Morgan fingerprint density at radius 1 is 1.18 bits per heavy atom. The van der Waals surface area contributed by atoms with Crippen molar-refractivity contribution >= 4 is 11.7 Å². The van der Waals surface area contributed by atoms with Crippen LogP contribution in [0.25, 0.3) is 0 Å². The van der Waals surface area contributed by atoms with E-state index >= 15 is 0 Å². The summed E-state index contributed by atoms with van der Waals surface area (Å²) in [5.41, 5.74) is 3.52. The van der Waals surface area contributed by atoms with Crippen molar-refractivity contribution < 1.29 is 23.3 Å². The van der Waals surface area contributed by atoms with E-state index in [1.54, 1.807) is 6.07 Å². The standard InChI is InChI=1S/C26H28N2O5/c1-15-6-8-23-21(11-15)22(29)13-25(32-23)18-5-4-10-28(14-18)26(30)24-9-7-19(31-24)12-20-16(2)27-33-17(20)3/h6-9,11,18,25H,4-5,10,12-14H2,1-3H3/t18-,25+/m0/s1. The largest absolute Gasteiger partial charge is 0.489 e. The summed E-state index contributed by atoms with van der Waals surface area (Å²) in [5.74, 6) is 2.55. The van der Waals surface area contributed by atoms with Crippen molar-refractivity contribution in [3.05, 3.63) is 70.0 Å². The number of benzene rings is 1. The first-order valence-electron chi connectivity index (χ1n) is 11.5. The number of hydrogen-bond donors (Lipinski definition) is 0. The zero-order chi connectivity index (χ0) is 23.1.